The number of ketones is 1. The second-order valence-electron chi connectivity index (χ2n) is 7.37. The molecule has 2 heterocycles. The number of aromatic nitrogens is 1. The molecule has 4 aromatic rings. The molecule has 0 aliphatic carbocycles. The van der Waals surface area contributed by atoms with Gasteiger partial charge in [0, 0.05) is 23.0 Å². The van der Waals surface area contributed by atoms with Gasteiger partial charge in [0.25, 0.3) is 0 Å². The first-order valence-electron chi connectivity index (χ1n) is 9.86. The summed E-state index contributed by atoms with van der Waals surface area (Å²) in [5.41, 5.74) is 4.79. The van der Waals surface area contributed by atoms with Crippen molar-refractivity contribution in [3.05, 3.63) is 119 Å². The van der Waals surface area contributed by atoms with Gasteiger partial charge in [-0.05, 0) is 41.0 Å². The van der Waals surface area contributed by atoms with Crippen LogP contribution in [-0.4, -0.2) is 16.6 Å². The summed E-state index contributed by atoms with van der Waals surface area (Å²) in [4.78, 5) is 18.4. The average molecular weight is 411 g/mol. The topological polar surface area (TPSA) is 34.4 Å². The summed E-state index contributed by atoms with van der Waals surface area (Å²) in [5.74, 6) is 0.0452. The molecule has 0 fully saturated rings. The standard InChI is InChI=1S/C26H19ClN2O/c27-22-14-12-20(13-15-22)24-25(29-16-4-7-23(29)17-28-24)26(30)21-10-8-19(9-11-21)18-5-2-1-3-6-18/h1-17,24-25H/t24-,25+/m1/s1. The number of carbonyl (C=O) groups excluding carboxylic acids is 1. The van der Waals surface area contributed by atoms with Gasteiger partial charge in [0.15, 0.2) is 5.78 Å². The Morgan fingerprint density at radius 2 is 1.50 bits per heavy atom. The molecule has 4 heteroatoms. The first-order chi connectivity index (χ1) is 14.7. The minimum atomic E-state index is -0.441. The first kappa shape index (κ1) is 18.6. The van der Waals surface area contributed by atoms with E-state index < -0.39 is 6.04 Å². The number of halogens is 1. The number of rotatable bonds is 4. The second kappa shape index (κ2) is 7.77. The minimum Gasteiger partial charge on any atom is -0.333 e. The van der Waals surface area contributed by atoms with Crippen molar-refractivity contribution in [1.29, 1.82) is 0 Å². The normalized spacial score (nSPS) is 17.5. The van der Waals surface area contributed by atoms with Crippen LogP contribution in [0, 0.1) is 0 Å². The van der Waals surface area contributed by atoms with E-state index in [0.717, 1.165) is 22.4 Å². The highest BCUT2D eigenvalue weighted by molar-refractivity contribution is 6.30. The molecule has 1 aliphatic heterocycles. The Morgan fingerprint density at radius 3 is 2.23 bits per heavy atom. The number of fused-ring (bicyclic) bond motifs is 1. The van der Waals surface area contributed by atoms with Crippen molar-refractivity contribution in [2.75, 3.05) is 0 Å². The zero-order valence-corrected chi connectivity index (χ0v) is 16.9. The van der Waals surface area contributed by atoms with Gasteiger partial charge in [0.05, 0.1) is 5.69 Å². The Bertz CT molecular complexity index is 1210. The summed E-state index contributed by atoms with van der Waals surface area (Å²) in [6, 6.07) is 28.7. The summed E-state index contributed by atoms with van der Waals surface area (Å²) in [7, 11) is 0. The predicted octanol–water partition coefficient (Wildman–Crippen LogP) is 6.41. The molecule has 3 aromatic carbocycles. The molecular weight excluding hydrogens is 392 g/mol. The van der Waals surface area contributed by atoms with E-state index in [-0.39, 0.29) is 11.8 Å². The van der Waals surface area contributed by atoms with Gasteiger partial charge in [0.1, 0.15) is 12.1 Å². The lowest BCUT2D eigenvalue weighted by atomic mass is 9.91. The Labute approximate surface area is 180 Å². The fourth-order valence-corrected chi connectivity index (χ4v) is 4.11. The van der Waals surface area contributed by atoms with Crippen molar-refractivity contribution in [3.63, 3.8) is 0 Å². The maximum Gasteiger partial charge on any atom is 0.188 e. The molecule has 0 amide bonds. The fraction of sp³-hybridized carbons (Fsp3) is 0.0769. The number of hydrogen-bond acceptors (Lipinski definition) is 2. The molecule has 0 saturated heterocycles. The van der Waals surface area contributed by atoms with Crippen LogP contribution in [0.1, 0.15) is 33.7 Å². The molecular formula is C26H19ClN2O. The summed E-state index contributed by atoms with van der Waals surface area (Å²) in [5, 5.41) is 0.666. The van der Waals surface area contributed by atoms with Gasteiger partial charge in [-0.3, -0.25) is 9.79 Å². The highest BCUT2D eigenvalue weighted by Gasteiger charge is 2.34. The molecule has 2 atom stereocenters. The first-order valence-corrected chi connectivity index (χ1v) is 10.2. The smallest absolute Gasteiger partial charge is 0.188 e. The Balaban J connectivity index is 1.51. The van der Waals surface area contributed by atoms with Crippen molar-refractivity contribution in [2.45, 2.75) is 12.1 Å². The van der Waals surface area contributed by atoms with Crippen LogP contribution in [0.15, 0.2) is 102 Å². The zero-order valence-electron chi connectivity index (χ0n) is 16.2. The number of nitrogens with zero attached hydrogens (tertiary/aromatic N) is 2. The van der Waals surface area contributed by atoms with Crippen LogP contribution in [-0.2, 0) is 0 Å². The lowest BCUT2D eigenvalue weighted by Gasteiger charge is -2.29. The van der Waals surface area contributed by atoms with Gasteiger partial charge in [-0.25, -0.2) is 0 Å². The van der Waals surface area contributed by atoms with Crippen molar-refractivity contribution < 1.29 is 4.79 Å². The van der Waals surface area contributed by atoms with Crippen molar-refractivity contribution in [3.8, 4) is 11.1 Å². The maximum absolute atomic E-state index is 13.6. The number of hydrogen-bond donors (Lipinski definition) is 0. The molecule has 30 heavy (non-hydrogen) atoms. The largest absolute Gasteiger partial charge is 0.333 e. The summed E-state index contributed by atoms with van der Waals surface area (Å²) in [6.07, 6.45) is 3.78. The van der Waals surface area contributed by atoms with Crippen LogP contribution < -0.4 is 0 Å². The van der Waals surface area contributed by atoms with Crippen LogP contribution in [0.4, 0.5) is 0 Å². The fourth-order valence-electron chi connectivity index (χ4n) is 3.99. The summed E-state index contributed by atoms with van der Waals surface area (Å²) in [6.45, 7) is 0. The highest BCUT2D eigenvalue weighted by Crippen LogP contribution is 2.37. The molecule has 0 unspecified atom stereocenters. The molecule has 1 aliphatic rings. The lowest BCUT2D eigenvalue weighted by molar-refractivity contribution is 0.0905. The molecule has 0 spiro atoms. The molecule has 0 radical (unpaired) electrons. The van der Waals surface area contributed by atoms with Gasteiger partial charge < -0.3 is 4.57 Å². The molecule has 5 rings (SSSR count). The minimum absolute atomic E-state index is 0.0452. The van der Waals surface area contributed by atoms with E-state index >= 15 is 0 Å². The van der Waals surface area contributed by atoms with E-state index in [2.05, 4.69) is 12.1 Å². The third kappa shape index (κ3) is 3.38. The Kier molecular flexibility index (Phi) is 4.82. The van der Waals surface area contributed by atoms with Gasteiger partial charge in [0.2, 0.25) is 0 Å². The van der Waals surface area contributed by atoms with E-state index in [0.29, 0.717) is 10.6 Å². The van der Waals surface area contributed by atoms with Gasteiger partial charge >= 0.3 is 0 Å². The van der Waals surface area contributed by atoms with E-state index in [9.17, 15) is 4.79 Å². The van der Waals surface area contributed by atoms with Crippen molar-refractivity contribution in [2.24, 2.45) is 4.99 Å². The Morgan fingerprint density at radius 1 is 0.800 bits per heavy atom. The quantitative estimate of drug-likeness (QED) is 0.358. The number of aliphatic imine (C=N–C) groups is 1. The van der Waals surface area contributed by atoms with Gasteiger partial charge in [-0.1, -0.05) is 78.3 Å². The third-order valence-electron chi connectivity index (χ3n) is 5.53. The van der Waals surface area contributed by atoms with E-state index in [1.54, 1.807) is 0 Å². The summed E-state index contributed by atoms with van der Waals surface area (Å²) >= 11 is 6.06. The van der Waals surface area contributed by atoms with Crippen molar-refractivity contribution >= 4 is 23.6 Å². The van der Waals surface area contributed by atoms with Gasteiger partial charge in [-0.2, -0.15) is 0 Å². The molecule has 0 bridgehead atoms. The third-order valence-corrected chi connectivity index (χ3v) is 5.79. The van der Waals surface area contributed by atoms with E-state index in [4.69, 9.17) is 16.6 Å². The van der Waals surface area contributed by atoms with Crippen LogP contribution in [0.5, 0.6) is 0 Å². The van der Waals surface area contributed by atoms with E-state index in [1.165, 1.54) is 0 Å². The van der Waals surface area contributed by atoms with Crippen LogP contribution >= 0.6 is 11.6 Å². The average Bonchev–Trinajstić information content (AvgIpc) is 3.28. The zero-order chi connectivity index (χ0) is 20.5. The van der Waals surface area contributed by atoms with Crippen LogP contribution in [0.3, 0.4) is 0 Å². The van der Waals surface area contributed by atoms with E-state index in [1.807, 2.05) is 95.8 Å². The second-order valence-corrected chi connectivity index (χ2v) is 7.80. The molecule has 0 N–H and O–H groups in total. The van der Waals surface area contributed by atoms with Gasteiger partial charge in [-0.15, -0.1) is 0 Å². The SMILES string of the molecule is O=C(c1ccc(-c2ccccc2)cc1)[C@@H]1[C@@H](c2ccc(Cl)cc2)N=Cc2cccn21. The molecule has 146 valence electrons. The molecule has 0 saturated carbocycles. The summed E-state index contributed by atoms with van der Waals surface area (Å²) < 4.78 is 2.01. The lowest BCUT2D eigenvalue weighted by Crippen LogP contribution is -2.29. The molecule has 3 nitrogen and oxygen atoms in total. The highest BCUT2D eigenvalue weighted by atomic mass is 35.5. The maximum atomic E-state index is 13.6. The number of carbonyl (C=O) groups is 1. The number of benzene rings is 3. The molecule has 1 aromatic heterocycles. The predicted molar refractivity (Wildman–Crippen MR) is 121 cm³/mol. The van der Waals surface area contributed by atoms with Crippen molar-refractivity contribution in [1.82, 2.24) is 4.57 Å². The number of Topliss-reactive ketones (excluding diaryl/α,β-unsaturated/α-hetero) is 1. The monoisotopic (exact) mass is 410 g/mol. The van der Waals surface area contributed by atoms with Crippen LogP contribution in [0.2, 0.25) is 5.02 Å². The van der Waals surface area contributed by atoms with Crippen LogP contribution in [0.25, 0.3) is 11.1 Å². The Hall–Kier alpha value is -3.43.